The van der Waals surface area contributed by atoms with Gasteiger partial charge < -0.3 is 10.2 Å². The van der Waals surface area contributed by atoms with Crippen LogP contribution in [0.2, 0.25) is 0 Å². The topological polar surface area (TPSA) is 64.9 Å². The Balaban J connectivity index is 2.47. The van der Waals surface area contributed by atoms with Crippen molar-refractivity contribution in [2.75, 3.05) is 5.73 Å². The van der Waals surface area contributed by atoms with E-state index in [4.69, 9.17) is 10.2 Å². The van der Waals surface area contributed by atoms with Gasteiger partial charge in [-0.05, 0) is 22.0 Å². The van der Waals surface area contributed by atoms with Crippen LogP contribution in [0.1, 0.15) is 0 Å². The van der Waals surface area contributed by atoms with E-state index in [0.717, 1.165) is 4.47 Å². The van der Waals surface area contributed by atoms with Crippen molar-refractivity contribution in [1.82, 2.24) is 9.97 Å². The summed E-state index contributed by atoms with van der Waals surface area (Å²) < 4.78 is 6.05. The van der Waals surface area contributed by atoms with E-state index >= 15 is 0 Å². The molecule has 0 amide bonds. The molecule has 2 aromatic heterocycles. The minimum absolute atomic E-state index is 0.395. The summed E-state index contributed by atoms with van der Waals surface area (Å²) in [5, 5.41) is 0. The summed E-state index contributed by atoms with van der Waals surface area (Å²) in [4.78, 5) is 7.98. The zero-order valence-electron chi connectivity index (χ0n) is 6.57. The van der Waals surface area contributed by atoms with Crippen molar-refractivity contribution in [1.29, 1.82) is 0 Å². The maximum absolute atomic E-state index is 5.40. The number of nitrogen functional groups attached to an aromatic ring is 1. The first-order chi connectivity index (χ1) is 6.27. The largest absolute Gasteiger partial charge is 0.461 e. The average molecular weight is 240 g/mol. The summed E-state index contributed by atoms with van der Waals surface area (Å²) in [7, 11) is 0. The van der Waals surface area contributed by atoms with Crippen molar-refractivity contribution >= 4 is 21.7 Å². The van der Waals surface area contributed by atoms with Crippen LogP contribution in [0.3, 0.4) is 0 Å². The fourth-order valence-corrected chi connectivity index (χ4v) is 1.34. The zero-order valence-corrected chi connectivity index (χ0v) is 8.15. The van der Waals surface area contributed by atoms with E-state index in [1.165, 1.54) is 6.20 Å². The van der Waals surface area contributed by atoms with Gasteiger partial charge in [-0.2, -0.15) is 0 Å². The molecule has 2 aromatic rings. The fourth-order valence-electron chi connectivity index (χ4n) is 0.932. The molecule has 2 heterocycles. The van der Waals surface area contributed by atoms with Gasteiger partial charge in [0, 0.05) is 0 Å². The summed E-state index contributed by atoms with van der Waals surface area (Å²) in [6, 6.07) is 1.80. The normalized spacial score (nSPS) is 10.2. The molecule has 0 aromatic carbocycles. The van der Waals surface area contributed by atoms with Gasteiger partial charge in [-0.25, -0.2) is 9.97 Å². The third-order valence-electron chi connectivity index (χ3n) is 1.52. The Morgan fingerprint density at radius 3 is 2.69 bits per heavy atom. The molecule has 0 fully saturated rings. The number of furan rings is 1. The summed E-state index contributed by atoms with van der Waals surface area (Å²) in [5.41, 5.74) is 6.06. The van der Waals surface area contributed by atoms with Crippen molar-refractivity contribution in [2.24, 2.45) is 0 Å². The second-order valence-electron chi connectivity index (χ2n) is 2.42. The second kappa shape index (κ2) is 3.18. The number of hydrogen-bond acceptors (Lipinski definition) is 4. The van der Waals surface area contributed by atoms with E-state index in [9.17, 15) is 0 Å². The molecule has 13 heavy (non-hydrogen) atoms. The Morgan fingerprint density at radius 1 is 1.31 bits per heavy atom. The first-order valence-corrected chi connectivity index (χ1v) is 4.37. The molecule has 0 atom stereocenters. The monoisotopic (exact) mass is 239 g/mol. The predicted octanol–water partition coefficient (Wildman–Crippen LogP) is 2.08. The van der Waals surface area contributed by atoms with Crippen LogP contribution < -0.4 is 5.73 Å². The number of nitrogens with two attached hydrogens (primary N) is 1. The standard InChI is InChI=1S/C8H6BrN3O/c9-5-1-2-13-8(5)6-3-12-7(10)4-11-6/h1-4H,(H2,10,12). The third kappa shape index (κ3) is 1.55. The summed E-state index contributed by atoms with van der Waals surface area (Å²) in [6.07, 6.45) is 4.64. The van der Waals surface area contributed by atoms with E-state index in [1.807, 2.05) is 0 Å². The van der Waals surface area contributed by atoms with E-state index in [-0.39, 0.29) is 0 Å². The lowest BCUT2D eigenvalue weighted by molar-refractivity contribution is 0.578. The number of halogens is 1. The zero-order chi connectivity index (χ0) is 9.26. The Kier molecular flexibility index (Phi) is 2.02. The molecule has 0 spiro atoms. The molecule has 0 saturated carbocycles. The van der Waals surface area contributed by atoms with Gasteiger partial charge in [0.05, 0.1) is 23.1 Å². The van der Waals surface area contributed by atoms with Gasteiger partial charge in [-0.15, -0.1) is 0 Å². The van der Waals surface area contributed by atoms with Crippen molar-refractivity contribution in [3.05, 3.63) is 29.2 Å². The van der Waals surface area contributed by atoms with Gasteiger partial charge in [-0.3, -0.25) is 0 Å². The number of hydrogen-bond donors (Lipinski definition) is 1. The molecule has 0 aliphatic heterocycles. The van der Waals surface area contributed by atoms with Gasteiger partial charge in [0.25, 0.3) is 0 Å². The summed E-state index contributed by atoms with van der Waals surface area (Å²) in [5.74, 6) is 1.05. The van der Waals surface area contributed by atoms with Crippen molar-refractivity contribution < 1.29 is 4.42 Å². The lowest BCUT2D eigenvalue weighted by Crippen LogP contribution is -1.91. The highest BCUT2D eigenvalue weighted by atomic mass is 79.9. The fraction of sp³-hybridized carbons (Fsp3) is 0. The lowest BCUT2D eigenvalue weighted by Gasteiger charge is -1.96. The average Bonchev–Trinajstić information content (AvgIpc) is 2.53. The Hall–Kier alpha value is -1.36. The molecule has 5 heteroatoms. The van der Waals surface area contributed by atoms with Gasteiger partial charge in [0.15, 0.2) is 5.76 Å². The molecule has 0 radical (unpaired) electrons. The van der Waals surface area contributed by atoms with Crippen LogP contribution in [0.4, 0.5) is 5.82 Å². The van der Waals surface area contributed by atoms with E-state index in [2.05, 4.69) is 25.9 Å². The van der Waals surface area contributed by atoms with Crippen molar-refractivity contribution in [3.8, 4) is 11.5 Å². The number of rotatable bonds is 1. The number of anilines is 1. The smallest absolute Gasteiger partial charge is 0.167 e. The maximum Gasteiger partial charge on any atom is 0.167 e. The van der Waals surface area contributed by atoms with Crippen LogP contribution in [0, 0.1) is 0 Å². The van der Waals surface area contributed by atoms with Crippen molar-refractivity contribution in [2.45, 2.75) is 0 Å². The second-order valence-corrected chi connectivity index (χ2v) is 3.28. The van der Waals surface area contributed by atoms with Crippen LogP contribution in [-0.2, 0) is 0 Å². The first-order valence-electron chi connectivity index (χ1n) is 3.58. The van der Waals surface area contributed by atoms with E-state index in [1.54, 1.807) is 18.5 Å². The molecule has 0 saturated heterocycles. The highest BCUT2D eigenvalue weighted by molar-refractivity contribution is 9.10. The Morgan fingerprint density at radius 2 is 2.15 bits per heavy atom. The quantitative estimate of drug-likeness (QED) is 0.828. The van der Waals surface area contributed by atoms with Crippen LogP contribution in [0.25, 0.3) is 11.5 Å². The van der Waals surface area contributed by atoms with Gasteiger partial charge in [0.1, 0.15) is 11.5 Å². The van der Waals surface area contributed by atoms with E-state index < -0.39 is 0 Å². The van der Waals surface area contributed by atoms with Gasteiger partial charge in [0.2, 0.25) is 0 Å². The summed E-state index contributed by atoms with van der Waals surface area (Å²) >= 11 is 3.33. The third-order valence-corrected chi connectivity index (χ3v) is 2.15. The van der Waals surface area contributed by atoms with Crippen LogP contribution in [0.15, 0.2) is 33.6 Å². The molecule has 2 N–H and O–H groups in total. The highest BCUT2D eigenvalue weighted by Gasteiger charge is 2.07. The van der Waals surface area contributed by atoms with Gasteiger partial charge >= 0.3 is 0 Å². The van der Waals surface area contributed by atoms with Gasteiger partial charge in [-0.1, -0.05) is 0 Å². The Labute approximate surface area is 82.9 Å². The molecule has 0 aliphatic carbocycles. The highest BCUT2D eigenvalue weighted by Crippen LogP contribution is 2.26. The molecule has 0 bridgehead atoms. The predicted molar refractivity (Wildman–Crippen MR) is 51.8 cm³/mol. The summed E-state index contributed by atoms with van der Waals surface area (Å²) in [6.45, 7) is 0. The minimum atomic E-state index is 0.395. The lowest BCUT2D eigenvalue weighted by atomic mass is 10.3. The molecule has 0 aliphatic rings. The Bertz CT molecular complexity index is 410. The maximum atomic E-state index is 5.40. The number of nitrogens with zero attached hydrogens (tertiary/aromatic N) is 2. The molecular formula is C8H6BrN3O. The SMILES string of the molecule is Nc1cnc(-c2occc2Br)cn1. The van der Waals surface area contributed by atoms with Crippen LogP contribution >= 0.6 is 15.9 Å². The van der Waals surface area contributed by atoms with Crippen LogP contribution in [0.5, 0.6) is 0 Å². The number of aromatic nitrogens is 2. The molecule has 66 valence electrons. The molecular weight excluding hydrogens is 234 g/mol. The first kappa shape index (κ1) is 8.25. The minimum Gasteiger partial charge on any atom is -0.461 e. The van der Waals surface area contributed by atoms with E-state index in [0.29, 0.717) is 17.3 Å². The van der Waals surface area contributed by atoms with Crippen LogP contribution in [-0.4, -0.2) is 9.97 Å². The molecule has 0 unspecified atom stereocenters. The van der Waals surface area contributed by atoms with Crippen molar-refractivity contribution in [3.63, 3.8) is 0 Å². The molecule has 4 nitrogen and oxygen atoms in total. The molecule has 2 rings (SSSR count).